The Morgan fingerprint density at radius 3 is 2.66 bits per heavy atom. The maximum absolute atomic E-state index is 12.6. The van der Waals surface area contributed by atoms with Crippen LogP contribution in [-0.4, -0.2) is 57.6 Å². The molecule has 0 unspecified atom stereocenters. The summed E-state index contributed by atoms with van der Waals surface area (Å²) >= 11 is 1.38. The molecule has 1 aliphatic rings. The Hall–Kier alpha value is -3.00. The van der Waals surface area contributed by atoms with Crippen molar-refractivity contribution in [3.05, 3.63) is 54.6 Å². The number of hydrogen-bond donors (Lipinski definition) is 0. The molecule has 7 nitrogen and oxygen atoms in total. The highest BCUT2D eigenvalue weighted by Crippen LogP contribution is 2.31. The number of likely N-dealkylation sites (N-methyl/N-ethyl adjacent to an activating group) is 1. The van der Waals surface area contributed by atoms with Crippen LogP contribution in [0.4, 0.5) is 0 Å². The van der Waals surface area contributed by atoms with Crippen molar-refractivity contribution in [3.8, 4) is 22.9 Å². The number of nitrogens with zero attached hydrogens (tertiary/aromatic N) is 4. The first-order valence-corrected chi connectivity index (χ1v) is 10.3. The Labute approximate surface area is 173 Å². The fourth-order valence-electron chi connectivity index (χ4n) is 3.08. The van der Waals surface area contributed by atoms with Crippen LogP contribution in [0, 0.1) is 0 Å². The minimum Gasteiger partial charge on any atom is -0.486 e. The van der Waals surface area contributed by atoms with Crippen molar-refractivity contribution < 1.29 is 14.3 Å². The molecule has 4 rings (SSSR count). The zero-order chi connectivity index (χ0) is 20.2. The number of hydrogen-bond acceptors (Lipinski definition) is 6. The molecule has 1 aliphatic heterocycles. The highest BCUT2D eigenvalue weighted by atomic mass is 32.2. The highest BCUT2D eigenvalue weighted by Gasteiger charge is 2.24. The monoisotopic (exact) mass is 410 g/mol. The molecule has 0 radical (unpaired) electrons. The summed E-state index contributed by atoms with van der Waals surface area (Å²) in [4.78, 5) is 14.2. The second-order valence-corrected chi connectivity index (χ2v) is 7.73. The fraction of sp³-hybridized carbons (Fsp3) is 0.286. The predicted molar refractivity (Wildman–Crippen MR) is 111 cm³/mol. The number of aromatic nitrogens is 3. The fourth-order valence-corrected chi connectivity index (χ4v) is 3.93. The normalized spacial score (nSPS) is 15.2. The Balaban J connectivity index is 1.32. The third-order valence-corrected chi connectivity index (χ3v) is 5.67. The van der Waals surface area contributed by atoms with E-state index in [0.29, 0.717) is 24.1 Å². The van der Waals surface area contributed by atoms with Gasteiger partial charge in [0.15, 0.2) is 28.6 Å². The van der Waals surface area contributed by atoms with Crippen LogP contribution < -0.4 is 9.47 Å². The van der Waals surface area contributed by atoms with Gasteiger partial charge in [-0.15, -0.1) is 10.2 Å². The van der Waals surface area contributed by atoms with E-state index in [0.717, 1.165) is 17.1 Å². The van der Waals surface area contributed by atoms with Crippen molar-refractivity contribution in [1.82, 2.24) is 19.7 Å². The highest BCUT2D eigenvalue weighted by molar-refractivity contribution is 7.99. The number of para-hydroxylation sites is 2. The Bertz CT molecular complexity index is 993. The first-order valence-electron chi connectivity index (χ1n) is 9.32. The molecule has 0 fully saturated rings. The first kappa shape index (κ1) is 19.3. The van der Waals surface area contributed by atoms with E-state index < -0.39 is 0 Å². The summed E-state index contributed by atoms with van der Waals surface area (Å²) in [5.41, 5.74) is 0.993. The van der Waals surface area contributed by atoms with Crippen LogP contribution in [0.15, 0.2) is 59.8 Å². The molecule has 2 aromatic carbocycles. The summed E-state index contributed by atoms with van der Waals surface area (Å²) in [6.07, 6.45) is -0.191. The molecule has 1 atom stereocenters. The van der Waals surface area contributed by atoms with Crippen LogP contribution >= 0.6 is 11.8 Å². The number of carbonyl (C=O) groups excluding carboxylic acids is 1. The van der Waals surface area contributed by atoms with E-state index in [1.165, 1.54) is 11.8 Å². The van der Waals surface area contributed by atoms with Gasteiger partial charge >= 0.3 is 0 Å². The lowest BCUT2D eigenvalue weighted by Gasteiger charge is -2.29. The number of fused-ring (bicyclic) bond motifs is 1. The van der Waals surface area contributed by atoms with Crippen LogP contribution in [0.3, 0.4) is 0 Å². The van der Waals surface area contributed by atoms with E-state index >= 15 is 0 Å². The molecular formula is C21H22N4O3S. The summed E-state index contributed by atoms with van der Waals surface area (Å²) in [5, 5.41) is 9.18. The lowest BCUT2D eigenvalue weighted by molar-refractivity contribution is -0.128. The minimum atomic E-state index is -0.191. The van der Waals surface area contributed by atoms with Gasteiger partial charge in [0.1, 0.15) is 6.61 Å². The van der Waals surface area contributed by atoms with Gasteiger partial charge in [-0.3, -0.25) is 4.79 Å². The molecule has 8 heteroatoms. The van der Waals surface area contributed by atoms with Gasteiger partial charge in [0.2, 0.25) is 5.91 Å². The van der Waals surface area contributed by atoms with Crippen LogP contribution in [0.25, 0.3) is 11.4 Å². The SMILES string of the molecule is CN(C[C@H]1COc2ccccc2O1)C(=O)CSc1nnc(-c2ccccc2)n1C. The molecule has 1 aromatic heterocycles. The van der Waals surface area contributed by atoms with Gasteiger partial charge in [-0.05, 0) is 12.1 Å². The molecule has 3 aromatic rings. The predicted octanol–water partition coefficient (Wildman–Crippen LogP) is 2.87. The number of amides is 1. The van der Waals surface area contributed by atoms with E-state index in [-0.39, 0.29) is 17.8 Å². The van der Waals surface area contributed by atoms with Gasteiger partial charge < -0.3 is 18.9 Å². The van der Waals surface area contributed by atoms with E-state index in [9.17, 15) is 4.79 Å². The molecule has 0 aliphatic carbocycles. The summed E-state index contributed by atoms with van der Waals surface area (Å²) in [6.45, 7) is 0.882. The van der Waals surface area contributed by atoms with Crippen molar-refractivity contribution in [2.75, 3.05) is 26.0 Å². The summed E-state index contributed by atoms with van der Waals surface area (Å²) in [5.74, 6) is 2.51. The van der Waals surface area contributed by atoms with Gasteiger partial charge in [-0.2, -0.15) is 0 Å². The third-order valence-electron chi connectivity index (χ3n) is 4.66. The average Bonchev–Trinajstić information content (AvgIpc) is 3.12. The van der Waals surface area contributed by atoms with E-state index in [1.54, 1.807) is 11.9 Å². The van der Waals surface area contributed by atoms with Crippen molar-refractivity contribution in [3.63, 3.8) is 0 Å². The van der Waals surface area contributed by atoms with Crippen LogP contribution in [0.1, 0.15) is 0 Å². The molecule has 2 heterocycles. The van der Waals surface area contributed by atoms with Crippen molar-refractivity contribution in [1.29, 1.82) is 0 Å². The molecule has 0 spiro atoms. The lowest BCUT2D eigenvalue weighted by Crippen LogP contribution is -2.42. The van der Waals surface area contributed by atoms with Crippen molar-refractivity contribution in [2.45, 2.75) is 11.3 Å². The number of benzene rings is 2. The Morgan fingerprint density at radius 2 is 1.86 bits per heavy atom. The van der Waals surface area contributed by atoms with Crippen LogP contribution in [0.5, 0.6) is 11.5 Å². The van der Waals surface area contributed by atoms with Crippen LogP contribution in [-0.2, 0) is 11.8 Å². The standard InChI is InChI=1S/C21H22N4O3S/c1-24(12-16-13-27-17-10-6-7-11-18(17)28-16)19(26)14-29-21-23-22-20(25(21)2)15-8-4-3-5-9-15/h3-11,16H,12-14H2,1-2H3/t16-/m0/s1. The molecule has 0 bridgehead atoms. The molecule has 0 saturated carbocycles. The van der Waals surface area contributed by atoms with Gasteiger partial charge in [-0.1, -0.05) is 54.2 Å². The lowest BCUT2D eigenvalue weighted by atomic mass is 10.2. The molecule has 1 amide bonds. The zero-order valence-corrected chi connectivity index (χ0v) is 17.1. The average molecular weight is 410 g/mol. The molecule has 150 valence electrons. The summed E-state index contributed by atoms with van der Waals surface area (Å²) in [7, 11) is 3.68. The molecule has 29 heavy (non-hydrogen) atoms. The smallest absolute Gasteiger partial charge is 0.232 e. The van der Waals surface area contributed by atoms with E-state index in [2.05, 4.69) is 10.2 Å². The Kier molecular flexibility index (Phi) is 5.71. The topological polar surface area (TPSA) is 69.5 Å². The summed E-state index contributed by atoms with van der Waals surface area (Å²) < 4.78 is 13.6. The largest absolute Gasteiger partial charge is 0.486 e. The maximum Gasteiger partial charge on any atom is 0.232 e. The third kappa shape index (κ3) is 4.37. The van der Waals surface area contributed by atoms with Crippen molar-refractivity contribution >= 4 is 17.7 Å². The van der Waals surface area contributed by atoms with Gasteiger partial charge in [-0.25, -0.2) is 0 Å². The minimum absolute atomic E-state index is 0.00159. The molecule has 0 N–H and O–H groups in total. The number of ether oxygens (including phenoxy) is 2. The van der Waals surface area contributed by atoms with E-state index in [4.69, 9.17) is 9.47 Å². The number of carbonyl (C=O) groups is 1. The van der Waals surface area contributed by atoms with Gasteiger partial charge in [0, 0.05) is 19.7 Å². The molecular weight excluding hydrogens is 388 g/mol. The Morgan fingerprint density at radius 1 is 1.14 bits per heavy atom. The zero-order valence-electron chi connectivity index (χ0n) is 16.3. The van der Waals surface area contributed by atoms with Gasteiger partial charge in [0.05, 0.1) is 12.3 Å². The quantitative estimate of drug-likeness (QED) is 0.582. The van der Waals surface area contributed by atoms with Crippen LogP contribution in [0.2, 0.25) is 0 Å². The first-order chi connectivity index (χ1) is 14.1. The second kappa shape index (κ2) is 8.57. The number of rotatable bonds is 6. The summed E-state index contributed by atoms with van der Waals surface area (Å²) in [6, 6.07) is 17.4. The van der Waals surface area contributed by atoms with Crippen molar-refractivity contribution in [2.24, 2.45) is 7.05 Å². The maximum atomic E-state index is 12.6. The van der Waals surface area contributed by atoms with Gasteiger partial charge in [0.25, 0.3) is 0 Å². The second-order valence-electron chi connectivity index (χ2n) is 6.79. The van der Waals surface area contributed by atoms with E-state index in [1.807, 2.05) is 66.2 Å². The molecule has 0 saturated heterocycles. The number of thioether (sulfide) groups is 1.